The Kier molecular flexibility index (Phi) is 6.71. The van der Waals surface area contributed by atoms with Crippen molar-refractivity contribution >= 4 is 6.03 Å². The zero-order chi connectivity index (χ0) is 16.3. The van der Waals surface area contributed by atoms with E-state index in [2.05, 4.69) is 15.6 Å². The first-order chi connectivity index (χ1) is 11.3. The average Bonchev–Trinajstić information content (AvgIpc) is 2.59. The van der Waals surface area contributed by atoms with Crippen molar-refractivity contribution in [3.63, 3.8) is 0 Å². The fourth-order valence-electron chi connectivity index (χ4n) is 1.83. The van der Waals surface area contributed by atoms with Crippen LogP contribution in [0.4, 0.5) is 4.79 Å². The maximum atomic E-state index is 11.3. The molecule has 0 aliphatic rings. The first-order valence-corrected chi connectivity index (χ1v) is 7.55. The van der Waals surface area contributed by atoms with Gasteiger partial charge in [0.05, 0.1) is 0 Å². The Bertz CT molecular complexity index is 588. The summed E-state index contributed by atoms with van der Waals surface area (Å²) < 4.78 is 11.0. The second-order valence-electron chi connectivity index (χ2n) is 4.73. The van der Waals surface area contributed by atoms with Crippen LogP contribution in [0.15, 0.2) is 48.7 Å². The Balaban J connectivity index is 1.67. The summed E-state index contributed by atoms with van der Waals surface area (Å²) in [5.74, 6) is 1.35. The van der Waals surface area contributed by atoms with E-state index in [1.165, 1.54) is 0 Å². The summed E-state index contributed by atoms with van der Waals surface area (Å²) in [5.41, 5.74) is 0.907. The average molecular weight is 315 g/mol. The molecule has 2 N–H and O–H groups in total. The number of carbonyl (C=O) groups excluding carboxylic acids is 1. The SMILES string of the molecule is CCNC(=O)NCc1ccc(OCCOc2ccccc2)nc1. The van der Waals surface area contributed by atoms with Gasteiger partial charge in [0.25, 0.3) is 0 Å². The second-order valence-corrected chi connectivity index (χ2v) is 4.73. The fraction of sp³-hybridized carbons (Fsp3) is 0.294. The van der Waals surface area contributed by atoms with E-state index in [0.717, 1.165) is 11.3 Å². The molecule has 2 rings (SSSR count). The third-order valence-corrected chi connectivity index (χ3v) is 2.93. The molecule has 0 spiro atoms. The minimum absolute atomic E-state index is 0.189. The molecular weight excluding hydrogens is 294 g/mol. The molecule has 0 atom stereocenters. The number of nitrogens with one attached hydrogen (secondary N) is 2. The zero-order valence-corrected chi connectivity index (χ0v) is 13.1. The summed E-state index contributed by atoms with van der Waals surface area (Å²) >= 11 is 0. The van der Waals surface area contributed by atoms with Crippen LogP contribution in [0.1, 0.15) is 12.5 Å². The number of nitrogens with zero attached hydrogens (tertiary/aromatic N) is 1. The van der Waals surface area contributed by atoms with E-state index in [-0.39, 0.29) is 6.03 Å². The van der Waals surface area contributed by atoms with Crippen molar-refractivity contribution in [2.45, 2.75) is 13.5 Å². The van der Waals surface area contributed by atoms with Gasteiger partial charge < -0.3 is 20.1 Å². The molecule has 1 aromatic carbocycles. The van der Waals surface area contributed by atoms with Crippen molar-refractivity contribution in [3.8, 4) is 11.6 Å². The summed E-state index contributed by atoms with van der Waals surface area (Å²) in [4.78, 5) is 15.5. The maximum absolute atomic E-state index is 11.3. The summed E-state index contributed by atoms with van der Waals surface area (Å²) in [7, 11) is 0. The lowest BCUT2D eigenvalue weighted by atomic mass is 10.3. The van der Waals surface area contributed by atoms with Gasteiger partial charge in [0.2, 0.25) is 5.88 Å². The zero-order valence-electron chi connectivity index (χ0n) is 13.1. The minimum atomic E-state index is -0.189. The number of carbonyl (C=O) groups is 1. The third-order valence-electron chi connectivity index (χ3n) is 2.93. The number of pyridine rings is 1. The maximum Gasteiger partial charge on any atom is 0.315 e. The van der Waals surface area contributed by atoms with Crippen molar-refractivity contribution in [2.75, 3.05) is 19.8 Å². The molecule has 0 aliphatic carbocycles. The normalized spacial score (nSPS) is 9.96. The molecule has 0 bridgehead atoms. The molecule has 1 heterocycles. The summed E-state index contributed by atoms with van der Waals surface area (Å²) in [6.07, 6.45) is 1.68. The topological polar surface area (TPSA) is 72.5 Å². The highest BCUT2D eigenvalue weighted by molar-refractivity contribution is 5.73. The second kappa shape index (κ2) is 9.30. The standard InChI is InChI=1S/C17H21N3O3/c1-2-18-17(21)20-13-14-8-9-16(19-12-14)23-11-10-22-15-6-4-3-5-7-15/h3-9,12H,2,10-11,13H2,1H3,(H2,18,20,21). The number of benzene rings is 1. The number of para-hydroxylation sites is 1. The monoisotopic (exact) mass is 315 g/mol. The lowest BCUT2D eigenvalue weighted by molar-refractivity contribution is 0.212. The van der Waals surface area contributed by atoms with E-state index in [1.54, 1.807) is 12.3 Å². The van der Waals surface area contributed by atoms with Gasteiger partial charge in [0.1, 0.15) is 19.0 Å². The van der Waals surface area contributed by atoms with Crippen LogP contribution in [0.5, 0.6) is 11.6 Å². The lowest BCUT2D eigenvalue weighted by Gasteiger charge is -2.09. The molecule has 2 amide bonds. The molecule has 23 heavy (non-hydrogen) atoms. The van der Waals surface area contributed by atoms with Gasteiger partial charge in [0.15, 0.2) is 0 Å². The molecule has 1 aromatic heterocycles. The van der Waals surface area contributed by atoms with Crippen LogP contribution in [-0.2, 0) is 6.54 Å². The van der Waals surface area contributed by atoms with Gasteiger partial charge in [-0.05, 0) is 24.6 Å². The van der Waals surface area contributed by atoms with E-state index in [1.807, 2.05) is 43.3 Å². The third kappa shape index (κ3) is 6.25. The molecule has 0 fully saturated rings. The van der Waals surface area contributed by atoms with Crippen molar-refractivity contribution < 1.29 is 14.3 Å². The Morgan fingerprint density at radius 3 is 2.52 bits per heavy atom. The molecule has 122 valence electrons. The van der Waals surface area contributed by atoms with Gasteiger partial charge in [0, 0.05) is 25.4 Å². The van der Waals surface area contributed by atoms with Gasteiger partial charge in [-0.3, -0.25) is 0 Å². The number of amides is 2. The van der Waals surface area contributed by atoms with E-state index in [9.17, 15) is 4.79 Å². The lowest BCUT2D eigenvalue weighted by Crippen LogP contribution is -2.34. The Labute approximate surface area is 135 Å². The largest absolute Gasteiger partial charge is 0.490 e. The Morgan fingerprint density at radius 2 is 1.83 bits per heavy atom. The van der Waals surface area contributed by atoms with Gasteiger partial charge in [-0.2, -0.15) is 0 Å². The highest BCUT2D eigenvalue weighted by atomic mass is 16.5. The first-order valence-electron chi connectivity index (χ1n) is 7.55. The number of aromatic nitrogens is 1. The van der Waals surface area contributed by atoms with Crippen LogP contribution < -0.4 is 20.1 Å². The van der Waals surface area contributed by atoms with Crippen LogP contribution in [0.25, 0.3) is 0 Å². The molecular formula is C17H21N3O3. The van der Waals surface area contributed by atoms with E-state index < -0.39 is 0 Å². The number of ether oxygens (including phenoxy) is 2. The van der Waals surface area contributed by atoms with E-state index in [4.69, 9.17) is 9.47 Å². The number of hydrogen-bond donors (Lipinski definition) is 2. The molecule has 0 radical (unpaired) electrons. The van der Waals surface area contributed by atoms with Crippen LogP contribution >= 0.6 is 0 Å². The van der Waals surface area contributed by atoms with E-state index >= 15 is 0 Å². The molecule has 0 unspecified atom stereocenters. The first kappa shape index (κ1) is 16.6. The number of rotatable bonds is 8. The van der Waals surface area contributed by atoms with Crippen molar-refractivity contribution in [2.24, 2.45) is 0 Å². The number of urea groups is 1. The Morgan fingerprint density at radius 1 is 1.04 bits per heavy atom. The van der Waals surface area contributed by atoms with Crippen LogP contribution in [0.2, 0.25) is 0 Å². The highest BCUT2D eigenvalue weighted by Crippen LogP contribution is 2.09. The molecule has 6 nitrogen and oxygen atoms in total. The molecule has 0 saturated heterocycles. The number of hydrogen-bond acceptors (Lipinski definition) is 4. The predicted octanol–water partition coefficient (Wildman–Crippen LogP) is 2.36. The quantitative estimate of drug-likeness (QED) is 0.734. The molecule has 0 saturated carbocycles. The van der Waals surface area contributed by atoms with Crippen molar-refractivity contribution in [3.05, 3.63) is 54.2 Å². The van der Waals surface area contributed by atoms with E-state index in [0.29, 0.717) is 32.2 Å². The van der Waals surface area contributed by atoms with Gasteiger partial charge in [-0.1, -0.05) is 24.3 Å². The van der Waals surface area contributed by atoms with Crippen molar-refractivity contribution in [1.82, 2.24) is 15.6 Å². The van der Waals surface area contributed by atoms with Gasteiger partial charge in [-0.25, -0.2) is 9.78 Å². The molecule has 6 heteroatoms. The van der Waals surface area contributed by atoms with Crippen LogP contribution in [-0.4, -0.2) is 30.8 Å². The smallest absolute Gasteiger partial charge is 0.315 e. The van der Waals surface area contributed by atoms with Crippen LogP contribution in [0.3, 0.4) is 0 Å². The Hall–Kier alpha value is -2.76. The summed E-state index contributed by atoms with van der Waals surface area (Å²) in [6.45, 7) is 3.76. The highest BCUT2D eigenvalue weighted by Gasteiger charge is 2.00. The summed E-state index contributed by atoms with van der Waals surface area (Å²) in [5, 5.41) is 5.40. The predicted molar refractivity (Wildman–Crippen MR) is 87.6 cm³/mol. The van der Waals surface area contributed by atoms with Crippen molar-refractivity contribution in [1.29, 1.82) is 0 Å². The van der Waals surface area contributed by atoms with Gasteiger partial charge >= 0.3 is 6.03 Å². The van der Waals surface area contributed by atoms with Gasteiger partial charge in [-0.15, -0.1) is 0 Å². The fourth-order valence-corrected chi connectivity index (χ4v) is 1.83. The molecule has 0 aliphatic heterocycles. The molecule has 2 aromatic rings. The minimum Gasteiger partial charge on any atom is -0.490 e. The summed E-state index contributed by atoms with van der Waals surface area (Å²) in [6, 6.07) is 13.0. The van der Waals surface area contributed by atoms with Crippen LogP contribution in [0, 0.1) is 0 Å².